The van der Waals surface area contributed by atoms with Crippen LogP contribution in [0.1, 0.15) is 55.1 Å². The number of hydrogen-bond acceptors (Lipinski definition) is 9. The third-order valence-electron chi connectivity index (χ3n) is 7.79. The van der Waals surface area contributed by atoms with Crippen molar-refractivity contribution in [2.45, 2.75) is 63.9 Å². The monoisotopic (exact) mass is 736 g/mol. The third kappa shape index (κ3) is 8.10. The number of fused-ring (bicyclic) bond motifs is 1. The predicted molar refractivity (Wildman–Crippen MR) is 177 cm³/mol. The van der Waals surface area contributed by atoms with Crippen LogP contribution in [0.15, 0.2) is 52.5 Å². The van der Waals surface area contributed by atoms with Crippen LogP contribution in [0.2, 0.25) is 0 Å². The van der Waals surface area contributed by atoms with Gasteiger partial charge in [-0.15, -0.1) is 0 Å². The number of furan rings is 1. The van der Waals surface area contributed by atoms with Crippen LogP contribution in [-0.2, 0) is 11.4 Å². The first kappa shape index (κ1) is 34.5. The highest BCUT2D eigenvalue weighted by Crippen LogP contribution is 2.38. The van der Waals surface area contributed by atoms with E-state index in [1.165, 1.54) is 14.2 Å². The maximum atomic E-state index is 14.2. The molecule has 2 amide bonds. The normalized spacial score (nSPS) is 17.9. The summed E-state index contributed by atoms with van der Waals surface area (Å²) in [7, 11) is 3.00. The second kappa shape index (κ2) is 16.3. The van der Waals surface area contributed by atoms with Crippen molar-refractivity contribution in [3.63, 3.8) is 0 Å². The smallest absolute Gasteiger partial charge is 0.289 e. The summed E-state index contributed by atoms with van der Waals surface area (Å²) < 4.78 is 23.9. The highest BCUT2D eigenvalue weighted by molar-refractivity contribution is 14.1. The number of ether oxygens (including phenoxy) is 3. The third-order valence-corrected chi connectivity index (χ3v) is 8.59. The number of rotatable bonds is 15. The fourth-order valence-electron chi connectivity index (χ4n) is 5.47. The van der Waals surface area contributed by atoms with Crippen molar-refractivity contribution in [2.75, 3.05) is 33.9 Å². The van der Waals surface area contributed by atoms with Gasteiger partial charge < -0.3 is 44.2 Å². The van der Waals surface area contributed by atoms with E-state index in [0.29, 0.717) is 55.9 Å². The quantitative estimate of drug-likeness (QED) is 0.133. The molecule has 0 saturated carbocycles. The summed E-state index contributed by atoms with van der Waals surface area (Å²) in [5.41, 5.74) is 1.37. The number of nitrogens with one attached hydrogen (secondary N) is 1. The lowest BCUT2D eigenvalue weighted by Gasteiger charge is -2.40. The van der Waals surface area contributed by atoms with Crippen molar-refractivity contribution in [3.05, 3.63) is 62.9 Å². The molecule has 244 valence electrons. The van der Waals surface area contributed by atoms with E-state index in [-0.39, 0.29) is 31.9 Å². The van der Waals surface area contributed by atoms with Gasteiger partial charge in [-0.3, -0.25) is 9.59 Å². The molecule has 3 atom stereocenters. The fourth-order valence-corrected chi connectivity index (χ4v) is 6.26. The summed E-state index contributed by atoms with van der Waals surface area (Å²) in [6.07, 6.45) is 2.89. The number of aliphatic hydroxyl groups is 3. The Morgan fingerprint density at radius 3 is 2.56 bits per heavy atom. The molecule has 1 aliphatic rings. The molecule has 2 aromatic carbocycles. The number of nitrogens with zero attached hydrogens (tertiary/aromatic N) is 1. The average Bonchev–Trinajstić information content (AvgIpc) is 3.50. The SMILES string of the molecule is CCCCCCN(C(=O)c1cc2cccc(OC)c2o1)C1CC(C(=O)NCCO)=CC(Oc2c(I)cc(CO)cc2OC)C1O. The van der Waals surface area contributed by atoms with Crippen molar-refractivity contribution in [3.8, 4) is 17.2 Å². The lowest BCUT2D eigenvalue weighted by atomic mass is 9.87. The van der Waals surface area contributed by atoms with Gasteiger partial charge in [-0.1, -0.05) is 38.3 Å². The highest BCUT2D eigenvalue weighted by atomic mass is 127. The van der Waals surface area contributed by atoms with Crippen molar-refractivity contribution >= 4 is 45.4 Å². The topological polar surface area (TPSA) is 151 Å². The molecule has 0 spiro atoms. The van der Waals surface area contributed by atoms with Gasteiger partial charge in [0.05, 0.1) is 37.0 Å². The first-order valence-electron chi connectivity index (χ1n) is 15.0. The molecule has 11 nitrogen and oxygen atoms in total. The minimum absolute atomic E-state index is 0.0454. The molecule has 12 heteroatoms. The van der Waals surface area contributed by atoms with E-state index >= 15 is 0 Å². The van der Waals surface area contributed by atoms with E-state index in [2.05, 4.69) is 34.8 Å². The molecule has 3 unspecified atom stereocenters. The standard InChI is InChI=1S/C33H41IN2O9/c1-4-5-6-7-12-36(33(41)28-17-21-9-8-10-25(42-2)30(21)45-28)24-16-22(32(40)35-11-13-37)18-26(29(24)39)44-31-23(34)14-20(19-38)15-27(31)43-3/h8-10,14-15,17-18,24,26,29,37-39H,4-7,11-13,16,19H2,1-3H3,(H,35,40). The summed E-state index contributed by atoms with van der Waals surface area (Å²) >= 11 is 2.06. The molecule has 0 fully saturated rings. The van der Waals surface area contributed by atoms with Crippen molar-refractivity contribution in [1.82, 2.24) is 10.2 Å². The number of amides is 2. The number of halogens is 1. The number of aliphatic hydroxyl groups excluding tert-OH is 3. The Morgan fingerprint density at radius 2 is 1.87 bits per heavy atom. The number of para-hydroxylation sites is 1. The van der Waals surface area contributed by atoms with Crippen LogP contribution in [-0.4, -0.2) is 84.2 Å². The van der Waals surface area contributed by atoms with Crippen LogP contribution in [0.5, 0.6) is 17.2 Å². The van der Waals surface area contributed by atoms with Crippen LogP contribution in [0.4, 0.5) is 0 Å². The Kier molecular flexibility index (Phi) is 12.5. The van der Waals surface area contributed by atoms with E-state index < -0.39 is 30.1 Å². The molecule has 4 N–H and O–H groups in total. The summed E-state index contributed by atoms with van der Waals surface area (Å²) in [5, 5.41) is 34.2. The van der Waals surface area contributed by atoms with Gasteiger partial charge in [-0.2, -0.15) is 0 Å². The van der Waals surface area contributed by atoms with Crippen molar-refractivity contribution in [1.29, 1.82) is 0 Å². The molecular weight excluding hydrogens is 695 g/mol. The van der Waals surface area contributed by atoms with E-state index in [0.717, 1.165) is 19.3 Å². The van der Waals surface area contributed by atoms with Gasteiger partial charge in [-0.25, -0.2) is 0 Å². The lowest BCUT2D eigenvalue weighted by Crippen LogP contribution is -2.55. The average molecular weight is 737 g/mol. The van der Waals surface area contributed by atoms with Gasteiger partial charge in [-0.05, 0) is 64.9 Å². The summed E-state index contributed by atoms with van der Waals surface area (Å²) in [6, 6.07) is 9.58. The first-order chi connectivity index (χ1) is 21.8. The van der Waals surface area contributed by atoms with Crippen LogP contribution >= 0.6 is 22.6 Å². The van der Waals surface area contributed by atoms with Crippen LogP contribution in [0.3, 0.4) is 0 Å². The predicted octanol–water partition coefficient (Wildman–Crippen LogP) is 4.19. The van der Waals surface area contributed by atoms with E-state index in [9.17, 15) is 24.9 Å². The van der Waals surface area contributed by atoms with Crippen molar-refractivity contribution < 1.29 is 43.5 Å². The van der Waals surface area contributed by atoms with Gasteiger partial charge in [0.1, 0.15) is 12.2 Å². The van der Waals surface area contributed by atoms with Gasteiger partial charge in [0.2, 0.25) is 5.91 Å². The number of methoxy groups -OCH3 is 2. The van der Waals surface area contributed by atoms with Gasteiger partial charge in [0, 0.05) is 30.5 Å². The zero-order valence-electron chi connectivity index (χ0n) is 25.8. The minimum atomic E-state index is -1.23. The Hall–Kier alpha value is -3.33. The van der Waals surface area contributed by atoms with Crippen LogP contribution in [0, 0.1) is 3.57 Å². The zero-order valence-corrected chi connectivity index (χ0v) is 27.9. The zero-order chi connectivity index (χ0) is 32.5. The van der Waals surface area contributed by atoms with Crippen LogP contribution < -0.4 is 19.5 Å². The molecule has 1 aliphatic carbocycles. The van der Waals surface area contributed by atoms with Crippen LogP contribution in [0.25, 0.3) is 11.0 Å². The molecule has 0 bridgehead atoms. The summed E-state index contributed by atoms with van der Waals surface area (Å²) in [5.74, 6) is 0.406. The van der Waals surface area contributed by atoms with Gasteiger partial charge >= 0.3 is 0 Å². The Labute approximate surface area is 276 Å². The lowest BCUT2D eigenvalue weighted by molar-refractivity contribution is -0.118. The minimum Gasteiger partial charge on any atom is -0.493 e. The maximum absolute atomic E-state index is 14.2. The molecule has 45 heavy (non-hydrogen) atoms. The van der Waals surface area contributed by atoms with E-state index in [4.69, 9.17) is 18.6 Å². The number of unbranched alkanes of at least 4 members (excludes halogenated alkanes) is 3. The van der Waals surface area contributed by atoms with Gasteiger partial charge in [0.25, 0.3) is 5.91 Å². The fraction of sp³-hybridized carbons (Fsp3) is 0.455. The van der Waals surface area contributed by atoms with Crippen molar-refractivity contribution in [2.24, 2.45) is 0 Å². The largest absolute Gasteiger partial charge is 0.493 e. The molecule has 0 saturated heterocycles. The molecule has 1 aromatic heterocycles. The summed E-state index contributed by atoms with van der Waals surface area (Å²) in [4.78, 5) is 29.0. The number of carbonyl (C=O) groups is 2. The van der Waals surface area contributed by atoms with E-state index in [1.54, 1.807) is 35.2 Å². The summed E-state index contributed by atoms with van der Waals surface area (Å²) in [6.45, 7) is 2.03. The molecule has 0 radical (unpaired) electrons. The molecule has 1 heterocycles. The van der Waals surface area contributed by atoms with Gasteiger partial charge in [0.15, 0.2) is 28.6 Å². The Morgan fingerprint density at radius 1 is 1.09 bits per heavy atom. The maximum Gasteiger partial charge on any atom is 0.289 e. The second-order valence-electron chi connectivity index (χ2n) is 10.8. The van der Waals surface area contributed by atoms with E-state index in [1.807, 2.05) is 12.1 Å². The second-order valence-corrected chi connectivity index (χ2v) is 12.0. The number of hydrogen-bond donors (Lipinski definition) is 4. The molecule has 4 rings (SSSR count). The number of carbonyl (C=O) groups excluding carboxylic acids is 2. The highest BCUT2D eigenvalue weighted by Gasteiger charge is 2.41. The Bertz CT molecular complexity index is 1500. The molecule has 3 aromatic rings. The molecule has 0 aliphatic heterocycles. The molecular formula is C33H41IN2O9. The Balaban J connectivity index is 1.74. The first-order valence-corrected chi connectivity index (χ1v) is 16.1. The number of benzene rings is 2.